The van der Waals surface area contributed by atoms with Gasteiger partial charge in [-0.1, -0.05) is 6.07 Å². The van der Waals surface area contributed by atoms with Crippen LogP contribution in [-0.2, 0) is 16.6 Å². The largest absolute Gasteiger partial charge is 0.494 e. The van der Waals surface area contributed by atoms with Gasteiger partial charge in [-0.05, 0) is 50.6 Å². The molecule has 0 saturated carbocycles. The monoisotopic (exact) mass is 367 g/mol. The number of nitrogens with zero attached hydrogens (tertiary/aromatic N) is 2. The van der Waals surface area contributed by atoms with Crippen LogP contribution >= 0.6 is 0 Å². The lowest BCUT2D eigenvalue weighted by Gasteiger charge is -2.26. The second-order valence-electron chi connectivity index (χ2n) is 6.27. The van der Waals surface area contributed by atoms with Crippen molar-refractivity contribution in [3.05, 3.63) is 52.9 Å². The number of aromatic nitrogens is 1. The topological polar surface area (TPSA) is 80.6 Å². The van der Waals surface area contributed by atoms with Crippen LogP contribution < -0.4 is 15.0 Å². The lowest BCUT2D eigenvalue weighted by molar-refractivity contribution is -0.122. The second-order valence-corrected chi connectivity index (χ2v) is 6.27. The van der Waals surface area contributed by atoms with Gasteiger partial charge < -0.3 is 9.30 Å². The van der Waals surface area contributed by atoms with Gasteiger partial charge in [0.2, 0.25) is 0 Å². The van der Waals surface area contributed by atoms with Crippen LogP contribution in [0.4, 0.5) is 10.5 Å². The number of barbiturate groups is 1. The van der Waals surface area contributed by atoms with Gasteiger partial charge in [-0.25, -0.2) is 9.69 Å². The molecule has 2 heterocycles. The number of amides is 4. The molecule has 27 heavy (non-hydrogen) atoms. The molecule has 1 aliphatic heterocycles. The smallest absolute Gasteiger partial charge is 0.335 e. The van der Waals surface area contributed by atoms with Crippen LogP contribution in [0.15, 0.2) is 35.9 Å². The van der Waals surface area contributed by atoms with Crippen LogP contribution in [-0.4, -0.2) is 29.0 Å². The summed E-state index contributed by atoms with van der Waals surface area (Å²) >= 11 is 0. The zero-order chi connectivity index (χ0) is 19.7. The molecule has 0 bridgehead atoms. The van der Waals surface area contributed by atoms with Crippen LogP contribution in [0.25, 0.3) is 6.08 Å². The van der Waals surface area contributed by atoms with Crippen molar-refractivity contribution in [1.29, 1.82) is 0 Å². The summed E-state index contributed by atoms with van der Waals surface area (Å²) in [6.07, 6.45) is 1.52. The Morgan fingerprint density at radius 3 is 2.52 bits per heavy atom. The molecule has 1 saturated heterocycles. The van der Waals surface area contributed by atoms with E-state index >= 15 is 0 Å². The molecule has 1 fully saturated rings. The summed E-state index contributed by atoms with van der Waals surface area (Å²) in [7, 11) is 1.91. The fourth-order valence-electron chi connectivity index (χ4n) is 2.96. The van der Waals surface area contributed by atoms with E-state index in [1.54, 1.807) is 24.3 Å². The molecule has 0 radical (unpaired) electrons. The van der Waals surface area contributed by atoms with Crippen molar-refractivity contribution in [2.75, 3.05) is 11.5 Å². The lowest BCUT2D eigenvalue weighted by atomic mass is 10.1. The minimum atomic E-state index is -0.781. The summed E-state index contributed by atoms with van der Waals surface area (Å²) in [6.45, 7) is 6.14. The van der Waals surface area contributed by atoms with E-state index in [0.717, 1.165) is 21.9 Å². The van der Waals surface area contributed by atoms with Gasteiger partial charge in [0.05, 0.1) is 12.3 Å². The quantitative estimate of drug-likeness (QED) is 0.665. The molecule has 1 N–H and O–H groups in total. The van der Waals surface area contributed by atoms with Gasteiger partial charge in [0.25, 0.3) is 11.8 Å². The van der Waals surface area contributed by atoms with Crippen molar-refractivity contribution in [2.24, 2.45) is 7.05 Å². The van der Waals surface area contributed by atoms with Gasteiger partial charge in [0.1, 0.15) is 11.3 Å². The molecule has 1 aromatic carbocycles. The number of benzene rings is 1. The Balaban J connectivity index is 2.02. The average Bonchev–Trinajstić information content (AvgIpc) is 2.86. The van der Waals surface area contributed by atoms with E-state index < -0.39 is 17.8 Å². The fourth-order valence-corrected chi connectivity index (χ4v) is 2.96. The maximum absolute atomic E-state index is 13.0. The van der Waals surface area contributed by atoms with Gasteiger partial charge in [-0.3, -0.25) is 14.9 Å². The first-order valence-corrected chi connectivity index (χ1v) is 8.60. The van der Waals surface area contributed by atoms with E-state index in [9.17, 15) is 14.4 Å². The predicted octanol–water partition coefficient (Wildman–Crippen LogP) is 2.71. The van der Waals surface area contributed by atoms with Crippen molar-refractivity contribution in [3.8, 4) is 5.75 Å². The predicted molar refractivity (Wildman–Crippen MR) is 101 cm³/mol. The molecule has 0 atom stereocenters. The number of hydrogen-bond acceptors (Lipinski definition) is 4. The molecule has 0 aliphatic carbocycles. The highest BCUT2D eigenvalue weighted by atomic mass is 16.5. The summed E-state index contributed by atoms with van der Waals surface area (Å²) < 4.78 is 7.39. The van der Waals surface area contributed by atoms with Gasteiger partial charge in [-0.15, -0.1) is 0 Å². The van der Waals surface area contributed by atoms with Crippen molar-refractivity contribution < 1.29 is 19.1 Å². The molecule has 1 aliphatic rings. The molecule has 7 heteroatoms. The number of carbonyl (C=O) groups is 3. The van der Waals surface area contributed by atoms with Gasteiger partial charge >= 0.3 is 6.03 Å². The maximum atomic E-state index is 13.0. The van der Waals surface area contributed by atoms with Gasteiger partial charge in [0, 0.05) is 24.5 Å². The Morgan fingerprint density at radius 1 is 1.15 bits per heavy atom. The Morgan fingerprint density at radius 2 is 1.89 bits per heavy atom. The third-order valence-corrected chi connectivity index (χ3v) is 4.60. The van der Waals surface area contributed by atoms with Crippen molar-refractivity contribution in [1.82, 2.24) is 9.88 Å². The first-order valence-electron chi connectivity index (χ1n) is 8.60. The summed E-state index contributed by atoms with van der Waals surface area (Å²) in [4.78, 5) is 38.5. The highest BCUT2D eigenvalue weighted by molar-refractivity contribution is 6.39. The van der Waals surface area contributed by atoms with E-state index in [-0.39, 0.29) is 5.57 Å². The van der Waals surface area contributed by atoms with E-state index in [1.807, 2.05) is 38.5 Å². The molecule has 0 unspecified atom stereocenters. The van der Waals surface area contributed by atoms with Crippen molar-refractivity contribution in [3.63, 3.8) is 0 Å². The number of nitrogens with one attached hydrogen (secondary N) is 1. The SMILES string of the molecule is CCOc1cccc(N2C(=O)NC(=O)/C(=C/c3cc(C)n(C)c3C)C2=O)c1. The number of anilines is 1. The van der Waals surface area contributed by atoms with E-state index in [0.29, 0.717) is 18.0 Å². The number of ether oxygens (including phenoxy) is 1. The minimum absolute atomic E-state index is 0.0925. The molecule has 140 valence electrons. The Labute approximate surface area is 157 Å². The average molecular weight is 367 g/mol. The number of carbonyl (C=O) groups excluding carboxylic acids is 3. The molecule has 1 aromatic heterocycles. The summed E-state index contributed by atoms with van der Waals surface area (Å²) in [5.41, 5.74) is 2.92. The standard InChI is InChI=1S/C20H21N3O4/c1-5-27-16-8-6-7-15(11-16)23-19(25)17(18(24)21-20(23)26)10-14-9-12(2)22(4)13(14)3/h6-11H,5H2,1-4H3,(H,21,24,26)/b17-10-. The first-order chi connectivity index (χ1) is 12.8. The number of imide groups is 2. The highest BCUT2D eigenvalue weighted by Crippen LogP contribution is 2.26. The lowest BCUT2D eigenvalue weighted by Crippen LogP contribution is -2.54. The Kier molecular flexibility index (Phi) is 4.85. The second kappa shape index (κ2) is 7.11. The van der Waals surface area contributed by atoms with Crippen LogP contribution in [0.2, 0.25) is 0 Å². The number of aryl methyl sites for hydroxylation is 1. The van der Waals surface area contributed by atoms with E-state index in [2.05, 4.69) is 5.32 Å². The summed E-state index contributed by atoms with van der Waals surface area (Å²) in [5, 5.41) is 2.23. The van der Waals surface area contributed by atoms with E-state index in [1.165, 1.54) is 6.08 Å². The van der Waals surface area contributed by atoms with Crippen LogP contribution in [0.3, 0.4) is 0 Å². The fraction of sp³-hybridized carbons (Fsp3) is 0.250. The molecule has 0 spiro atoms. The van der Waals surface area contributed by atoms with Crippen molar-refractivity contribution in [2.45, 2.75) is 20.8 Å². The van der Waals surface area contributed by atoms with E-state index in [4.69, 9.17) is 4.74 Å². The highest BCUT2D eigenvalue weighted by Gasteiger charge is 2.37. The molecule has 4 amide bonds. The van der Waals surface area contributed by atoms with Crippen LogP contribution in [0.5, 0.6) is 5.75 Å². The minimum Gasteiger partial charge on any atom is -0.494 e. The molecule has 2 aromatic rings. The third-order valence-electron chi connectivity index (χ3n) is 4.60. The zero-order valence-corrected chi connectivity index (χ0v) is 15.7. The first kappa shape index (κ1) is 18.4. The van der Waals surface area contributed by atoms with Gasteiger partial charge in [-0.2, -0.15) is 0 Å². The molecular weight excluding hydrogens is 346 g/mol. The van der Waals surface area contributed by atoms with Gasteiger partial charge in [0.15, 0.2) is 0 Å². The number of rotatable bonds is 4. The number of hydrogen-bond donors (Lipinski definition) is 1. The Bertz CT molecular complexity index is 972. The Hall–Kier alpha value is -3.35. The van der Waals surface area contributed by atoms with Crippen LogP contribution in [0.1, 0.15) is 23.9 Å². The zero-order valence-electron chi connectivity index (χ0n) is 15.7. The van der Waals surface area contributed by atoms with Crippen LogP contribution in [0, 0.1) is 13.8 Å². The van der Waals surface area contributed by atoms with Crippen molar-refractivity contribution >= 4 is 29.6 Å². The molecular formula is C20H21N3O4. The maximum Gasteiger partial charge on any atom is 0.335 e. The molecule has 7 nitrogen and oxygen atoms in total. The summed E-state index contributed by atoms with van der Waals surface area (Å²) in [6, 6.07) is 7.73. The normalized spacial score (nSPS) is 16.1. The molecule has 3 rings (SSSR count). The number of urea groups is 1. The summed E-state index contributed by atoms with van der Waals surface area (Å²) in [5.74, 6) is -0.839. The third kappa shape index (κ3) is 3.36.